The van der Waals surface area contributed by atoms with E-state index in [1.165, 1.54) is 0 Å². The summed E-state index contributed by atoms with van der Waals surface area (Å²) in [5.74, 6) is 0.338. The van der Waals surface area contributed by atoms with Crippen LogP contribution in [0.15, 0.2) is 24.3 Å². The molecule has 0 aromatic heterocycles. The van der Waals surface area contributed by atoms with E-state index in [9.17, 15) is 9.59 Å². The molecule has 4 nitrogen and oxygen atoms in total. The zero-order chi connectivity index (χ0) is 17.4. The van der Waals surface area contributed by atoms with Crippen LogP contribution >= 0.6 is 11.6 Å². The van der Waals surface area contributed by atoms with E-state index in [0.717, 1.165) is 50.8 Å². The van der Waals surface area contributed by atoms with Crippen LogP contribution in [0.1, 0.15) is 51.0 Å². The third kappa shape index (κ3) is 6.16. The van der Waals surface area contributed by atoms with Gasteiger partial charge in [-0.2, -0.15) is 0 Å². The van der Waals surface area contributed by atoms with Gasteiger partial charge in [0.2, 0.25) is 11.8 Å². The van der Waals surface area contributed by atoms with Crippen LogP contribution in [0, 0.1) is 0 Å². The first kappa shape index (κ1) is 18.8. The monoisotopic (exact) mass is 350 g/mol. The summed E-state index contributed by atoms with van der Waals surface area (Å²) >= 11 is 5.87. The summed E-state index contributed by atoms with van der Waals surface area (Å²) < 4.78 is 0. The standard InChI is InChI=1S/C19H27ClN2O2/c1-2-3-4-18(23)21-17-11-13-22(14-12-17)19(24)10-7-15-5-8-16(20)9-6-15/h5-6,8-9,17H,2-4,7,10-14H2,1H3,(H,21,23). The Morgan fingerprint density at radius 1 is 1.17 bits per heavy atom. The number of rotatable bonds is 7. The molecule has 0 bridgehead atoms. The number of hydrogen-bond donors (Lipinski definition) is 1. The third-order valence-corrected chi connectivity index (χ3v) is 4.76. The van der Waals surface area contributed by atoms with Crippen molar-refractivity contribution in [2.75, 3.05) is 13.1 Å². The molecular weight excluding hydrogens is 324 g/mol. The molecular formula is C19H27ClN2O2. The number of carbonyl (C=O) groups is 2. The smallest absolute Gasteiger partial charge is 0.222 e. The van der Waals surface area contributed by atoms with Gasteiger partial charge in [-0.1, -0.05) is 37.1 Å². The summed E-state index contributed by atoms with van der Waals surface area (Å²) in [6.07, 6.45) is 5.55. The van der Waals surface area contributed by atoms with Gasteiger partial charge in [0.05, 0.1) is 0 Å². The number of unbranched alkanes of at least 4 members (excludes halogenated alkanes) is 1. The second kappa shape index (κ2) is 9.67. The van der Waals surface area contributed by atoms with E-state index in [1.54, 1.807) is 0 Å². The molecule has 132 valence electrons. The highest BCUT2D eigenvalue weighted by Crippen LogP contribution is 2.15. The summed E-state index contributed by atoms with van der Waals surface area (Å²) in [6.45, 7) is 3.55. The van der Waals surface area contributed by atoms with Crippen molar-refractivity contribution in [3.8, 4) is 0 Å². The molecule has 0 radical (unpaired) electrons. The number of nitrogens with one attached hydrogen (secondary N) is 1. The van der Waals surface area contributed by atoms with Gasteiger partial charge in [-0.25, -0.2) is 0 Å². The Labute approximate surface area is 149 Å². The number of likely N-dealkylation sites (tertiary alicyclic amines) is 1. The Morgan fingerprint density at radius 3 is 2.46 bits per heavy atom. The van der Waals surface area contributed by atoms with Crippen molar-refractivity contribution in [2.24, 2.45) is 0 Å². The Balaban J connectivity index is 1.68. The first-order valence-corrected chi connectivity index (χ1v) is 9.28. The normalized spacial score (nSPS) is 15.3. The lowest BCUT2D eigenvalue weighted by Gasteiger charge is -2.32. The highest BCUT2D eigenvalue weighted by atomic mass is 35.5. The fourth-order valence-electron chi connectivity index (χ4n) is 2.97. The second-order valence-electron chi connectivity index (χ2n) is 6.45. The maximum atomic E-state index is 12.3. The summed E-state index contributed by atoms with van der Waals surface area (Å²) in [6, 6.07) is 7.86. The molecule has 0 saturated carbocycles. The molecule has 1 aromatic carbocycles. The quantitative estimate of drug-likeness (QED) is 0.817. The zero-order valence-corrected chi connectivity index (χ0v) is 15.1. The van der Waals surface area contributed by atoms with E-state index in [2.05, 4.69) is 12.2 Å². The number of amides is 2. The highest BCUT2D eigenvalue weighted by Gasteiger charge is 2.23. The lowest BCUT2D eigenvalue weighted by atomic mass is 10.0. The van der Waals surface area contributed by atoms with Gasteiger partial charge in [-0.3, -0.25) is 9.59 Å². The van der Waals surface area contributed by atoms with Crippen molar-refractivity contribution in [3.05, 3.63) is 34.9 Å². The van der Waals surface area contributed by atoms with Crippen LogP contribution in [0.3, 0.4) is 0 Å². The van der Waals surface area contributed by atoms with Crippen molar-refractivity contribution in [1.29, 1.82) is 0 Å². The number of aryl methyl sites for hydroxylation is 1. The van der Waals surface area contributed by atoms with Gasteiger partial charge in [0.25, 0.3) is 0 Å². The summed E-state index contributed by atoms with van der Waals surface area (Å²) in [7, 11) is 0. The minimum atomic E-state index is 0.143. The Hall–Kier alpha value is -1.55. The first-order valence-electron chi connectivity index (χ1n) is 8.90. The molecule has 0 spiro atoms. The Morgan fingerprint density at radius 2 is 1.83 bits per heavy atom. The topological polar surface area (TPSA) is 49.4 Å². The largest absolute Gasteiger partial charge is 0.353 e. The maximum Gasteiger partial charge on any atom is 0.222 e. The first-order chi connectivity index (χ1) is 11.6. The van der Waals surface area contributed by atoms with Crippen LogP contribution in [0.4, 0.5) is 0 Å². The number of hydrogen-bond acceptors (Lipinski definition) is 2. The number of piperidine rings is 1. The number of halogens is 1. The molecule has 1 fully saturated rings. The predicted molar refractivity (Wildman–Crippen MR) is 97.0 cm³/mol. The van der Waals surface area contributed by atoms with E-state index in [-0.39, 0.29) is 17.9 Å². The molecule has 0 unspecified atom stereocenters. The van der Waals surface area contributed by atoms with E-state index >= 15 is 0 Å². The number of carbonyl (C=O) groups excluding carboxylic acids is 2. The van der Waals surface area contributed by atoms with Gasteiger partial charge in [0.1, 0.15) is 0 Å². The van der Waals surface area contributed by atoms with Gasteiger partial charge in [-0.05, 0) is 43.4 Å². The Kier molecular flexibility index (Phi) is 7.57. The number of nitrogens with zero attached hydrogens (tertiary/aromatic N) is 1. The molecule has 1 aliphatic heterocycles. The molecule has 2 amide bonds. The molecule has 1 aliphatic rings. The minimum absolute atomic E-state index is 0.143. The molecule has 1 heterocycles. The average Bonchev–Trinajstić information content (AvgIpc) is 2.60. The van der Waals surface area contributed by atoms with Crippen LogP contribution < -0.4 is 5.32 Å². The summed E-state index contributed by atoms with van der Waals surface area (Å²) in [5.41, 5.74) is 1.13. The van der Waals surface area contributed by atoms with E-state index in [0.29, 0.717) is 17.9 Å². The van der Waals surface area contributed by atoms with Crippen molar-refractivity contribution in [1.82, 2.24) is 10.2 Å². The maximum absolute atomic E-state index is 12.3. The molecule has 2 rings (SSSR count). The molecule has 5 heteroatoms. The SMILES string of the molecule is CCCCC(=O)NC1CCN(C(=O)CCc2ccc(Cl)cc2)CC1. The fraction of sp³-hybridized carbons (Fsp3) is 0.579. The highest BCUT2D eigenvalue weighted by molar-refractivity contribution is 6.30. The zero-order valence-electron chi connectivity index (χ0n) is 14.4. The predicted octanol–water partition coefficient (Wildman–Crippen LogP) is 3.57. The van der Waals surface area contributed by atoms with Crippen LogP contribution in [-0.4, -0.2) is 35.8 Å². The van der Waals surface area contributed by atoms with Crippen LogP contribution in [0.2, 0.25) is 5.02 Å². The molecule has 1 N–H and O–H groups in total. The second-order valence-corrected chi connectivity index (χ2v) is 6.89. The van der Waals surface area contributed by atoms with E-state index in [4.69, 9.17) is 11.6 Å². The minimum Gasteiger partial charge on any atom is -0.353 e. The fourth-order valence-corrected chi connectivity index (χ4v) is 3.10. The molecule has 1 aromatic rings. The van der Waals surface area contributed by atoms with Crippen LogP contribution in [0.25, 0.3) is 0 Å². The lowest BCUT2D eigenvalue weighted by Crippen LogP contribution is -2.46. The van der Waals surface area contributed by atoms with Crippen molar-refractivity contribution >= 4 is 23.4 Å². The van der Waals surface area contributed by atoms with Crippen molar-refractivity contribution < 1.29 is 9.59 Å². The van der Waals surface area contributed by atoms with Gasteiger partial charge in [-0.15, -0.1) is 0 Å². The van der Waals surface area contributed by atoms with Crippen LogP contribution in [-0.2, 0) is 16.0 Å². The molecule has 0 aliphatic carbocycles. The average molecular weight is 351 g/mol. The van der Waals surface area contributed by atoms with Gasteiger partial charge in [0.15, 0.2) is 0 Å². The van der Waals surface area contributed by atoms with Gasteiger partial charge < -0.3 is 10.2 Å². The van der Waals surface area contributed by atoms with Gasteiger partial charge in [0, 0.05) is 37.0 Å². The summed E-state index contributed by atoms with van der Waals surface area (Å²) in [4.78, 5) is 26.0. The van der Waals surface area contributed by atoms with Crippen LogP contribution in [0.5, 0.6) is 0 Å². The molecule has 0 atom stereocenters. The van der Waals surface area contributed by atoms with E-state index < -0.39 is 0 Å². The van der Waals surface area contributed by atoms with Gasteiger partial charge >= 0.3 is 0 Å². The third-order valence-electron chi connectivity index (χ3n) is 4.51. The summed E-state index contributed by atoms with van der Waals surface area (Å²) in [5, 5.41) is 3.80. The molecule has 1 saturated heterocycles. The van der Waals surface area contributed by atoms with E-state index in [1.807, 2.05) is 29.2 Å². The number of benzene rings is 1. The Bertz CT molecular complexity index is 537. The van der Waals surface area contributed by atoms with Crippen molar-refractivity contribution in [2.45, 2.75) is 57.9 Å². The van der Waals surface area contributed by atoms with Crippen molar-refractivity contribution in [3.63, 3.8) is 0 Å². The molecule has 24 heavy (non-hydrogen) atoms. The lowest BCUT2D eigenvalue weighted by molar-refractivity contribution is -0.132.